The molecule has 0 heterocycles. The molecule has 1 fully saturated rings. The summed E-state index contributed by atoms with van der Waals surface area (Å²) in [5, 5.41) is -1.08. The first-order chi connectivity index (χ1) is 19.1. The molecule has 0 aromatic heterocycles. The molecule has 1 aliphatic rings. The Labute approximate surface area is 229 Å². The maximum atomic E-state index is 15.0. The maximum absolute atomic E-state index is 15.0. The minimum absolute atomic E-state index is 0.0350. The van der Waals surface area contributed by atoms with Crippen LogP contribution in [0.15, 0.2) is 30.3 Å². The first-order valence-electron chi connectivity index (χ1n) is 13.8. The van der Waals surface area contributed by atoms with Gasteiger partial charge in [0.15, 0.2) is 34.8 Å². The van der Waals surface area contributed by atoms with Gasteiger partial charge in [0.2, 0.25) is 5.82 Å². The monoisotopic (exact) mass is 570 g/mol. The fourth-order valence-corrected chi connectivity index (χ4v) is 5.51. The average molecular weight is 571 g/mol. The van der Waals surface area contributed by atoms with Crippen molar-refractivity contribution in [1.29, 1.82) is 0 Å². The summed E-state index contributed by atoms with van der Waals surface area (Å²) in [4.78, 5) is 0. The molecule has 1 saturated carbocycles. The molecule has 4 rings (SSSR count). The maximum Gasteiger partial charge on any atom is 0.429 e. The number of hydrogen-bond donors (Lipinski definition) is 0. The van der Waals surface area contributed by atoms with Crippen LogP contribution in [-0.4, -0.2) is 6.61 Å². The Morgan fingerprint density at radius 1 is 0.725 bits per heavy atom. The number of hydrogen-bond acceptors (Lipinski definition) is 2. The molecule has 3 aromatic rings. The number of benzene rings is 3. The average Bonchev–Trinajstić information content (AvgIpc) is 2.92. The SMILES string of the molecule is CCCOc1ccc2cc(OC(F)(F)c3ccc(CCC4CCC(CCC)CC4)c(F)c3F)c(F)c(F)c2c1F. The van der Waals surface area contributed by atoms with E-state index in [1.807, 2.05) is 0 Å². The van der Waals surface area contributed by atoms with Crippen molar-refractivity contribution in [2.24, 2.45) is 11.8 Å². The van der Waals surface area contributed by atoms with Gasteiger partial charge in [0.1, 0.15) is 5.56 Å². The van der Waals surface area contributed by atoms with Crippen LogP contribution in [0.4, 0.5) is 30.7 Å². The molecule has 0 bridgehead atoms. The summed E-state index contributed by atoms with van der Waals surface area (Å²) in [5.41, 5.74) is -1.49. The summed E-state index contributed by atoms with van der Waals surface area (Å²) in [5.74, 6) is -8.64. The summed E-state index contributed by atoms with van der Waals surface area (Å²) in [6, 6.07) is 4.74. The zero-order valence-electron chi connectivity index (χ0n) is 22.6. The highest BCUT2D eigenvalue weighted by atomic mass is 19.3. The van der Waals surface area contributed by atoms with Crippen molar-refractivity contribution in [1.82, 2.24) is 0 Å². The van der Waals surface area contributed by atoms with Crippen molar-refractivity contribution >= 4 is 10.8 Å². The third-order valence-corrected chi connectivity index (χ3v) is 7.71. The molecule has 0 amide bonds. The van der Waals surface area contributed by atoms with E-state index in [0.717, 1.165) is 50.3 Å². The van der Waals surface area contributed by atoms with Crippen LogP contribution < -0.4 is 9.47 Å². The molecular weight excluding hydrogens is 537 g/mol. The lowest BCUT2D eigenvalue weighted by atomic mass is 9.78. The Kier molecular flexibility index (Phi) is 9.52. The summed E-state index contributed by atoms with van der Waals surface area (Å²) >= 11 is 0. The number of aryl methyl sites for hydroxylation is 1. The molecule has 1 aliphatic carbocycles. The van der Waals surface area contributed by atoms with Crippen LogP contribution >= 0.6 is 0 Å². The van der Waals surface area contributed by atoms with E-state index in [9.17, 15) is 30.7 Å². The molecule has 0 unspecified atom stereocenters. The van der Waals surface area contributed by atoms with Gasteiger partial charge in [0.05, 0.1) is 12.0 Å². The third kappa shape index (κ3) is 6.33. The molecule has 0 atom stereocenters. The van der Waals surface area contributed by atoms with E-state index < -0.39 is 51.9 Å². The number of rotatable bonds is 11. The second kappa shape index (κ2) is 12.7. The standard InChI is InChI=1S/C31H33F7O2/c1-3-5-18-6-8-19(9-7-18)10-11-20-12-14-22(27(33)26(20)32)31(37,38)40-24-17-21-13-15-23(39-16-4-2)28(34)25(21)30(36)29(24)35/h12-15,17-19H,3-11,16H2,1-2H3. The molecule has 40 heavy (non-hydrogen) atoms. The van der Waals surface area contributed by atoms with Crippen molar-refractivity contribution in [2.75, 3.05) is 6.61 Å². The Bertz CT molecular complexity index is 1330. The van der Waals surface area contributed by atoms with E-state index in [1.165, 1.54) is 6.42 Å². The predicted octanol–water partition coefficient (Wildman–Crippen LogP) is 9.99. The van der Waals surface area contributed by atoms with Gasteiger partial charge in [-0.25, -0.2) is 17.6 Å². The summed E-state index contributed by atoms with van der Waals surface area (Å²) in [6.07, 6.45) is 3.33. The van der Waals surface area contributed by atoms with Gasteiger partial charge in [0.25, 0.3) is 0 Å². The molecule has 2 nitrogen and oxygen atoms in total. The predicted molar refractivity (Wildman–Crippen MR) is 139 cm³/mol. The highest BCUT2D eigenvalue weighted by molar-refractivity contribution is 5.87. The molecule has 0 N–H and O–H groups in total. The smallest absolute Gasteiger partial charge is 0.429 e. The quantitative estimate of drug-likeness (QED) is 0.214. The van der Waals surface area contributed by atoms with Crippen molar-refractivity contribution in [2.45, 2.75) is 77.7 Å². The number of alkyl halides is 2. The van der Waals surface area contributed by atoms with E-state index in [2.05, 4.69) is 11.7 Å². The van der Waals surface area contributed by atoms with Gasteiger partial charge in [-0.1, -0.05) is 64.5 Å². The van der Waals surface area contributed by atoms with Crippen molar-refractivity contribution in [3.05, 3.63) is 70.5 Å². The highest BCUT2D eigenvalue weighted by Gasteiger charge is 2.40. The fraction of sp³-hybridized carbons (Fsp3) is 0.484. The van der Waals surface area contributed by atoms with E-state index in [4.69, 9.17) is 4.74 Å². The molecule has 0 aliphatic heterocycles. The van der Waals surface area contributed by atoms with Gasteiger partial charge < -0.3 is 9.47 Å². The van der Waals surface area contributed by atoms with Crippen molar-refractivity contribution in [3.8, 4) is 11.5 Å². The van der Waals surface area contributed by atoms with Crippen LogP contribution in [0.2, 0.25) is 0 Å². The van der Waals surface area contributed by atoms with E-state index in [0.29, 0.717) is 36.8 Å². The second-order valence-electron chi connectivity index (χ2n) is 10.6. The van der Waals surface area contributed by atoms with E-state index in [1.54, 1.807) is 6.92 Å². The second-order valence-corrected chi connectivity index (χ2v) is 10.6. The van der Waals surface area contributed by atoms with Gasteiger partial charge in [-0.15, -0.1) is 0 Å². The largest absolute Gasteiger partial charge is 0.491 e. The number of ether oxygens (including phenoxy) is 2. The van der Waals surface area contributed by atoms with Gasteiger partial charge in [0, 0.05) is 0 Å². The fourth-order valence-electron chi connectivity index (χ4n) is 5.51. The normalized spacial score (nSPS) is 17.8. The molecular formula is C31H33F7O2. The lowest BCUT2D eigenvalue weighted by molar-refractivity contribution is -0.189. The van der Waals surface area contributed by atoms with Crippen molar-refractivity contribution in [3.63, 3.8) is 0 Å². The first kappa shape index (κ1) is 30.0. The summed E-state index contributed by atoms with van der Waals surface area (Å²) < 4.78 is 113. The molecule has 3 aromatic carbocycles. The topological polar surface area (TPSA) is 18.5 Å². The van der Waals surface area contributed by atoms with Gasteiger partial charge in [-0.2, -0.15) is 13.2 Å². The Morgan fingerprint density at radius 2 is 1.40 bits per heavy atom. The van der Waals surface area contributed by atoms with Crippen LogP contribution in [-0.2, 0) is 12.5 Å². The lowest BCUT2D eigenvalue weighted by Gasteiger charge is -2.28. The Hall–Kier alpha value is -2.97. The molecule has 0 radical (unpaired) electrons. The minimum Gasteiger partial charge on any atom is -0.491 e. The number of halogens is 7. The Morgan fingerprint density at radius 3 is 2.05 bits per heavy atom. The zero-order valence-corrected chi connectivity index (χ0v) is 22.6. The third-order valence-electron chi connectivity index (χ3n) is 7.71. The molecule has 0 saturated heterocycles. The van der Waals surface area contributed by atoms with Gasteiger partial charge in [-0.3, -0.25) is 0 Å². The Balaban J connectivity index is 1.52. The highest BCUT2D eigenvalue weighted by Crippen LogP contribution is 2.40. The molecule has 218 valence electrons. The first-order valence-corrected chi connectivity index (χ1v) is 13.8. The minimum atomic E-state index is -4.55. The van der Waals surface area contributed by atoms with Gasteiger partial charge >= 0.3 is 6.11 Å². The van der Waals surface area contributed by atoms with Crippen LogP contribution in [0.5, 0.6) is 11.5 Å². The van der Waals surface area contributed by atoms with Crippen LogP contribution in [0, 0.1) is 40.9 Å². The molecule has 9 heteroatoms. The van der Waals surface area contributed by atoms with E-state index in [-0.39, 0.29) is 29.7 Å². The molecule has 0 spiro atoms. The van der Waals surface area contributed by atoms with Gasteiger partial charge in [-0.05, 0) is 60.2 Å². The lowest BCUT2D eigenvalue weighted by Crippen LogP contribution is -2.25. The number of fused-ring (bicyclic) bond motifs is 1. The van der Waals surface area contributed by atoms with Crippen molar-refractivity contribution < 1.29 is 40.2 Å². The summed E-state index contributed by atoms with van der Waals surface area (Å²) in [7, 11) is 0. The summed E-state index contributed by atoms with van der Waals surface area (Å²) in [6.45, 7) is 4.05. The van der Waals surface area contributed by atoms with Crippen LogP contribution in [0.3, 0.4) is 0 Å². The van der Waals surface area contributed by atoms with E-state index >= 15 is 0 Å². The zero-order chi connectivity index (χ0) is 29.0. The van der Waals surface area contributed by atoms with Crippen LogP contribution in [0.25, 0.3) is 10.8 Å². The van der Waals surface area contributed by atoms with Crippen LogP contribution in [0.1, 0.15) is 76.3 Å².